The van der Waals surface area contributed by atoms with Gasteiger partial charge in [-0.25, -0.2) is 19.7 Å². The van der Waals surface area contributed by atoms with E-state index in [1.54, 1.807) is 36.5 Å². The average Bonchev–Trinajstić information content (AvgIpc) is 3.20. The van der Waals surface area contributed by atoms with Crippen molar-refractivity contribution >= 4 is 46.2 Å². The number of anilines is 3. The minimum absolute atomic E-state index is 0.349. The molecule has 2 amide bonds. The van der Waals surface area contributed by atoms with E-state index in [1.165, 1.54) is 17.7 Å². The van der Waals surface area contributed by atoms with Gasteiger partial charge >= 0.3 is 6.03 Å². The van der Waals surface area contributed by atoms with Crippen LogP contribution in [0.3, 0.4) is 0 Å². The van der Waals surface area contributed by atoms with Crippen LogP contribution >= 0.6 is 22.9 Å². The molecule has 0 aliphatic heterocycles. The zero-order chi connectivity index (χ0) is 20.2. The number of urea groups is 1. The molecular formula is C20H15ClN6OS. The molecule has 2 heterocycles. The summed E-state index contributed by atoms with van der Waals surface area (Å²) >= 11 is 7.31. The van der Waals surface area contributed by atoms with Crippen molar-refractivity contribution in [3.05, 3.63) is 71.5 Å². The summed E-state index contributed by atoms with van der Waals surface area (Å²) in [5.74, 6) is 0.384. The van der Waals surface area contributed by atoms with Crippen molar-refractivity contribution in [3.8, 4) is 21.8 Å². The van der Waals surface area contributed by atoms with Crippen molar-refractivity contribution in [2.75, 3.05) is 16.4 Å². The molecule has 0 unspecified atom stereocenters. The standard InChI is InChI=1S/C20H15ClN6OS/c21-13-4-6-14(7-5-13)25-20(28)26-15-3-1-2-12(8-15)17-10-29-19(27-17)16-9-23-11-24-18(16)22/h1-11H,(H2,22,23,24)(H2,25,26,28). The Kier molecular flexibility index (Phi) is 5.37. The van der Waals surface area contributed by atoms with Crippen molar-refractivity contribution in [3.63, 3.8) is 0 Å². The van der Waals surface area contributed by atoms with Crippen molar-refractivity contribution in [2.24, 2.45) is 0 Å². The molecule has 2 aromatic heterocycles. The highest BCUT2D eigenvalue weighted by molar-refractivity contribution is 7.13. The Balaban J connectivity index is 1.50. The van der Waals surface area contributed by atoms with Crippen LogP contribution in [0.25, 0.3) is 21.8 Å². The van der Waals surface area contributed by atoms with Gasteiger partial charge in [0.25, 0.3) is 0 Å². The molecule has 0 bridgehead atoms. The van der Waals surface area contributed by atoms with E-state index < -0.39 is 0 Å². The lowest BCUT2D eigenvalue weighted by molar-refractivity contribution is 0.262. The van der Waals surface area contributed by atoms with Gasteiger partial charge in [-0.1, -0.05) is 23.7 Å². The van der Waals surface area contributed by atoms with Crippen LogP contribution in [0.1, 0.15) is 0 Å². The zero-order valence-electron chi connectivity index (χ0n) is 15.0. The van der Waals surface area contributed by atoms with E-state index in [0.29, 0.717) is 27.8 Å². The molecule has 9 heteroatoms. The number of aromatic nitrogens is 3. The first kappa shape index (κ1) is 18.9. The molecule has 0 saturated heterocycles. The number of amides is 2. The first-order chi connectivity index (χ1) is 14.1. The number of hydrogen-bond donors (Lipinski definition) is 3. The molecule has 0 saturated carbocycles. The summed E-state index contributed by atoms with van der Waals surface area (Å²) < 4.78 is 0. The third kappa shape index (κ3) is 4.50. The Morgan fingerprint density at radius 2 is 1.86 bits per heavy atom. The Bertz CT molecular complexity index is 1160. The Hall–Kier alpha value is -3.49. The second-order valence-electron chi connectivity index (χ2n) is 6.03. The molecule has 4 rings (SSSR count). The van der Waals surface area contributed by atoms with E-state index in [-0.39, 0.29) is 6.03 Å². The average molecular weight is 423 g/mol. The highest BCUT2D eigenvalue weighted by Crippen LogP contribution is 2.31. The summed E-state index contributed by atoms with van der Waals surface area (Å²) in [5, 5.41) is 8.84. The Morgan fingerprint density at radius 1 is 1.07 bits per heavy atom. The highest BCUT2D eigenvalue weighted by atomic mass is 35.5. The number of benzene rings is 2. The maximum atomic E-state index is 12.2. The first-order valence-electron chi connectivity index (χ1n) is 8.54. The molecule has 0 radical (unpaired) electrons. The fourth-order valence-corrected chi connectivity index (χ4v) is 3.59. The molecule has 7 nitrogen and oxygen atoms in total. The van der Waals surface area contributed by atoms with E-state index in [2.05, 4.69) is 25.6 Å². The Morgan fingerprint density at radius 3 is 2.66 bits per heavy atom. The second kappa shape index (κ2) is 8.26. The van der Waals surface area contributed by atoms with Crippen LogP contribution in [-0.4, -0.2) is 21.0 Å². The minimum Gasteiger partial charge on any atom is -0.383 e. The molecule has 2 aromatic carbocycles. The number of hydrogen-bond acceptors (Lipinski definition) is 6. The van der Waals surface area contributed by atoms with Gasteiger partial charge in [0.2, 0.25) is 0 Å². The molecule has 0 aliphatic rings. The van der Waals surface area contributed by atoms with Crippen molar-refractivity contribution in [2.45, 2.75) is 0 Å². The maximum absolute atomic E-state index is 12.2. The van der Waals surface area contributed by atoms with Crippen LogP contribution in [0.4, 0.5) is 22.0 Å². The monoisotopic (exact) mass is 422 g/mol. The molecule has 29 heavy (non-hydrogen) atoms. The van der Waals surface area contributed by atoms with Crippen LogP contribution in [0, 0.1) is 0 Å². The fraction of sp³-hybridized carbons (Fsp3) is 0. The lowest BCUT2D eigenvalue weighted by atomic mass is 10.1. The molecule has 0 spiro atoms. The van der Waals surface area contributed by atoms with Crippen LogP contribution in [0.5, 0.6) is 0 Å². The summed E-state index contributed by atoms with van der Waals surface area (Å²) in [6.45, 7) is 0. The van der Waals surface area contributed by atoms with Gasteiger partial charge in [-0.15, -0.1) is 11.3 Å². The van der Waals surface area contributed by atoms with Gasteiger partial charge in [-0.3, -0.25) is 0 Å². The molecule has 0 atom stereocenters. The summed E-state index contributed by atoms with van der Waals surface area (Å²) in [5.41, 5.74) is 9.53. The summed E-state index contributed by atoms with van der Waals surface area (Å²) in [4.78, 5) is 24.9. The van der Waals surface area contributed by atoms with Gasteiger partial charge in [0.05, 0.1) is 11.3 Å². The summed E-state index contributed by atoms with van der Waals surface area (Å²) in [6, 6.07) is 14.0. The molecule has 4 N–H and O–H groups in total. The predicted molar refractivity (Wildman–Crippen MR) is 117 cm³/mol. The third-order valence-electron chi connectivity index (χ3n) is 4.00. The molecule has 0 aliphatic carbocycles. The number of nitrogens with one attached hydrogen (secondary N) is 2. The van der Waals surface area contributed by atoms with Gasteiger partial charge < -0.3 is 16.4 Å². The molecule has 4 aromatic rings. The number of halogens is 1. The van der Waals surface area contributed by atoms with E-state index in [4.69, 9.17) is 17.3 Å². The van der Waals surface area contributed by atoms with Crippen molar-refractivity contribution in [1.29, 1.82) is 0 Å². The van der Waals surface area contributed by atoms with Gasteiger partial charge in [-0.05, 0) is 36.4 Å². The summed E-state index contributed by atoms with van der Waals surface area (Å²) in [7, 11) is 0. The highest BCUT2D eigenvalue weighted by Gasteiger charge is 2.11. The number of nitrogen functional groups attached to an aromatic ring is 1. The largest absolute Gasteiger partial charge is 0.383 e. The quantitative estimate of drug-likeness (QED) is 0.422. The molecule has 144 valence electrons. The normalized spacial score (nSPS) is 10.5. The first-order valence-corrected chi connectivity index (χ1v) is 9.79. The van der Waals surface area contributed by atoms with Gasteiger partial charge in [-0.2, -0.15) is 0 Å². The van der Waals surface area contributed by atoms with E-state index in [9.17, 15) is 4.79 Å². The lowest BCUT2D eigenvalue weighted by Gasteiger charge is -2.08. The van der Waals surface area contributed by atoms with E-state index >= 15 is 0 Å². The number of nitrogens with two attached hydrogens (primary N) is 1. The fourth-order valence-electron chi connectivity index (χ4n) is 2.62. The van der Waals surface area contributed by atoms with Gasteiger partial charge in [0.1, 0.15) is 17.2 Å². The predicted octanol–water partition coefficient (Wildman–Crippen LogP) is 5.15. The second-order valence-corrected chi connectivity index (χ2v) is 7.32. The third-order valence-corrected chi connectivity index (χ3v) is 5.12. The van der Waals surface area contributed by atoms with Crippen LogP contribution in [0.2, 0.25) is 5.02 Å². The SMILES string of the molecule is Nc1ncncc1-c1nc(-c2cccc(NC(=O)Nc3ccc(Cl)cc3)c2)cs1. The zero-order valence-corrected chi connectivity index (χ0v) is 16.5. The van der Waals surface area contributed by atoms with Gasteiger partial charge in [0.15, 0.2) is 0 Å². The molecule has 0 fully saturated rings. The van der Waals surface area contributed by atoms with Crippen molar-refractivity contribution in [1.82, 2.24) is 15.0 Å². The smallest absolute Gasteiger partial charge is 0.323 e. The van der Waals surface area contributed by atoms with E-state index in [1.807, 2.05) is 23.6 Å². The van der Waals surface area contributed by atoms with Crippen LogP contribution < -0.4 is 16.4 Å². The Labute approximate surface area is 175 Å². The van der Waals surface area contributed by atoms with Crippen LogP contribution in [-0.2, 0) is 0 Å². The van der Waals surface area contributed by atoms with E-state index in [0.717, 1.165) is 16.3 Å². The molecular weight excluding hydrogens is 408 g/mol. The van der Waals surface area contributed by atoms with Crippen molar-refractivity contribution < 1.29 is 4.79 Å². The van der Waals surface area contributed by atoms with Crippen LogP contribution in [0.15, 0.2) is 66.4 Å². The maximum Gasteiger partial charge on any atom is 0.323 e. The number of carbonyl (C=O) groups excluding carboxylic acids is 1. The minimum atomic E-state index is -0.349. The topological polar surface area (TPSA) is 106 Å². The number of carbonyl (C=O) groups is 1. The number of thiazole rings is 1. The number of rotatable bonds is 4. The summed E-state index contributed by atoms with van der Waals surface area (Å²) in [6.07, 6.45) is 3.04. The number of nitrogens with zero attached hydrogens (tertiary/aromatic N) is 3. The lowest BCUT2D eigenvalue weighted by Crippen LogP contribution is -2.19. The van der Waals surface area contributed by atoms with Gasteiger partial charge in [0, 0.05) is 33.5 Å².